The highest BCUT2D eigenvalue weighted by Crippen LogP contribution is 2.27. The van der Waals surface area contributed by atoms with E-state index >= 15 is 0 Å². The molecule has 0 spiro atoms. The maximum Gasteiger partial charge on any atom is 0.258 e. The molecule has 2 N–H and O–H groups in total. The van der Waals surface area contributed by atoms with Crippen LogP contribution in [0.2, 0.25) is 0 Å². The van der Waals surface area contributed by atoms with Crippen molar-refractivity contribution >= 4 is 17.7 Å². The Morgan fingerprint density at radius 3 is 2.65 bits per heavy atom. The molecule has 7 nitrogen and oxygen atoms in total. The van der Waals surface area contributed by atoms with Gasteiger partial charge in [0.05, 0.1) is 6.10 Å². The second kappa shape index (κ2) is 10.9. The first-order valence-electron chi connectivity index (χ1n) is 12.3. The number of rotatable bonds is 6. The Kier molecular flexibility index (Phi) is 7.69. The molecule has 3 amide bonds. The van der Waals surface area contributed by atoms with E-state index in [2.05, 4.69) is 17.3 Å². The Balaban J connectivity index is 1.38. The average molecular weight is 464 g/mol. The summed E-state index contributed by atoms with van der Waals surface area (Å²) in [6.07, 6.45) is 16.7. The predicted octanol–water partition coefficient (Wildman–Crippen LogP) is 2.25. The van der Waals surface area contributed by atoms with Crippen molar-refractivity contribution in [3.63, 3.8) is 0 Å². The summed E-state index contributed by atoms with van der Waals surface area (Å²) in [5.74, 6) is 1.89. The molecular formula is C27H33N3O4. The van der Waals surface area contributed by atoms with Gasteiger partial charge in [-0.2, -0.15) is 0 Å². The summed E-state index contributed by atoms with van der Waals surface area (Å²) in [5.41, 5.74) is 1.35. The molecule has 34 heavy (non-hydrogen) atoms. The quantitative estimate of drug-likeness (QED) is 0.385. The second-order valence-electron chi connectivity index (χ2n) is 9.48. The van der Waals surface area contributed by atoms with Crippen molar-refractivity contribution in [2.45, 2.75) is 69.7 Å². The number of β-amino-alcohol motifs (C(OH)–C–C–N with tert-alkyl or cyclic N) is 1. The Morgan fingerprint density at radius 2 is 1.94 bits per heavy atom. The lowest BCUT2D eigenvalue weighted by atomic mass is 10.00. The number of terminal acetylenes is 1. The minimum absolute atomic E-state index is 0.0159. The molecule has 3 aliphatic rings. The minimum atomic E-state index is -1.13. The molecule has 7 heteroatoms. The van der Waals surface area contributed by atoms with Crippen molar-refractivity contribution in [1.82, 2.24) is 15.1 Å². The first kappa shape index (κ1) is 24.0. The molecule has 0 aromatic heterocycles. The highest BCUT2D eigenvalue weighted by Gasteiger charge is 2.44. The Morgan fingerprint density at radius 1 is 1.21 bits per heavy atom. The lowest BCUT2D eigenvalue weighted by Crippen LogP contribution is -2.53. The number of hydrogen-bond acceptors (Lipinski definition) is 4. The molecule has 1 aliphatic carbocycles. The van der Waals surface area contributed by atoms with Crippen LogP contribution in [-0.2, 0) is 16.1 Å². The van der Waals surface area contributed by atoms with Crippen LogP contribution in [0.4, 0.5) is 0 Å². The number of aliphatic hydroxyl groups is 1. The second-order valence-corrected chi connectivity index (χ2v) is 9.48. The number of nitrogens with zero attached hydrogens (tertiary/aromatic N) is 2. The van der Waals surface area contributed by atoms with Crippen molar-refractivity contribution in [1.29, 1.82) is 0 Å². The number of hydrogen-bond donors (Lipinski definition) is 2. The van der Waals surface area contributed by atoms with E-state index < -0.39 is 24.1 Å². The number of nitrogens with one attached hydrogen (secondary N) is 1. The van der Waals surface area contributed by atoms with Gasteiger partial charge in [0.15, 0.2) is 6.04 Å². The predicted molar refractivity (Wildman–Crippen MR) is 128 cm³/mol. The van der Waals surface area contributed by atoms with Crippen molar-refractivity contribution < 1.29 is 19.5 Å². The zero-order valence-corrected chi connectivity index (χ0v) is 19.5. The van der Waals surface area contributed by atoms with Crippen LogP contribution in [0.15, 0.2) is 36.4 Å². The van der Waals surface area contributed by atoms with Crippen LogP contribution in [0.1, 0.15) is 60.9 Å². The maximum absolute atomic E-state index is 13.4. The van der Waals surface area contributed by atoms with Crippen LogP contribution in [0.3, 0.4) is 0 Å². The van der Waals surface area contributed by atoms with Gasteiger partial charge in [-0.3, -0.25) is 14.4 Å². The molecule has 1 saturated carbocycles. The number of aliphatic hydroxyl groups excluding tert-OH is 1. The first-order valence-corrected chi connectivity index (χ1v) is 12.3. The normalized spacial score (nSPS) is 24.1. The summed E-state index contributed by atoms with van der Waals surface area (Å²) in [6.45, 7) is 0.638. The van der Waals surface area contributed by atoms with Crippen LogP contribution in [0.5, 0.6) is 0 Å². The largest absolute Gasteiger partial charge is 0.391 e. The monoisotopic (exact) mass is 463 g/mol. The first-order chi connectivity index (χ1) is 16.5. The molecule has 0 radical (unpaired) electrons. The van der Waals surface area contributed by atoms with Crippen LogP contribution < -0.4 is 5.32 Å². The van der Waals surface area contributed by atoms with Crippen LogP contribution in [-0.4, -0.2) is 63.9 Å². The van der Waals surface area contributed by atoms with Crippen molar-refractivity contribution in [3.8, 4) is 12.3 Å². The van der Waals surface area contributed by atoms with Crippen molar-refractivity contribution in [3.05, 3.63) is 47.5 Å². The van der Waals surface area contributed by atoms with Gasteiger partial charge in [0.25, 0.3) is 11.8 Å². The molecule has 0 unspecified atom stereocenters. The lowest BCUT2D eigenvalue weighted by molar-refractivity contribution is -0.140. The fourth-order valence-electron chi connectivity index (χ4n) is 5.28. The molecule has 4 rings (SSSR count). The molecule has 3 atom stereocenters. The number of fused-ring (bicyclic) bond motifs is 1. The van der Waals surface area contributed by atoms with E-state index in [-0.39, 0.29) is 31.3 Å². The molecule has 1 saturated heterocycles. The summed E-state index contributed by atoms with van der Waals surface area (Å²) < 4.78 is 0. The van der Waals surface area contributed by atoms with Gasteiger partial charge in [-0.25, -0.2) is 0 Å². The highest BCUT2D eigenvalue weighted by atomic mass is 16.3. The average Bonchev–Trinajstić information content (AvgIpc) is 3.26. The molecule has 180 valence electrons. The third-order valence-corrected chi connectivity index (χ3v) is 7.12. The van der Waals surface area contributed by atoms with Gasteiger partial charge in [0.2, 0.25) is 5.91 Å². The SMILES string of the molecule is C#C[C@@H](C(=O)N1C[C@H](O)C[C@H]1C(=O)NC/C=C/C1CCCCCC1)N1Cc2ccccc2C1=O. The molecule has 1 aromatic carbocycles. The van der Waals surface area contributed by atoms with Crippen LogP contribution in [0, 0.1) is 18.3 Å². The van der Waals surface area contributed by atoms with Gasteiger partial charge < -0.3 is 20.2 Å². The van der Waals surface area contributed by atoms with Crippen LogP contribution >= 0.6 is 0 Å². The zero-order valence-electron chi connectivity index (χ0n) is 19.5. The van der Waals surface area contributed by atoms with Crippen LogP contribution in [0.25, 0.3) is 0 Å². The van der Waals surface area contributed by atoms with Gasteiger partial charge in [-0.05, 0) is 30.4 Å². The van der Waals surface area contributed by atoms with E-state index in [1.165, 1.54) is 48.3 Å². The van der Waals surface area contributed by atoms with Gasteiger partial charge in [-0.1, -0.05) is 62.0 Å². The topological polar surface area (TPSA) is 89.9 Å². The lowest BCUT2D eigenvalue weighted by Gasteiger charge is -2.30. The Bertz CT molecular complexity index is 990. The van der Waals surface area contributed by atoms with Gasteiger partial charge in [-0.15, -0.1) is 6.42 Å². The van der Waals surface area contributed by atoms with Gasteiger partial charge >= 0.3 is 0 Å². The number of amides is 3. The van der Waals surface area contributed by atoms with Crippen molar-refractivity contribution in [2.75, 3.05) is 13.1 Å². The standard InChI is InChI=1S/C27H33N3O4/c1-2-23(29-17-20-13-7-8-14-22(20)26(29)33)27(34)30-18-21(31)16-24(30)25(32)28-15-9-12-19-10-5-3-4-6-11-19/h1,7-9,12-14,19,21,23-24,31H,3-6,10-11,15-18H2,(H,28,32)/b12-9+/t21-,23+,24+/m1/s1. The third-order valence-electron chi connectivity index (χ3n) is 7.12. The number of carbonyl (C=O) groups is 3. The smallest absolute Gasteiger partial charge is 0.258 e. The number of allylic oxidation sites excluding steroid dienone is 1. The third kappa shape index (κ3) is 5.18. The van der Waals surface area contributed by atoms with Gasteiger partial charge in [0, 0.05) is 31.6 Å². The van der Waals surface area contributed by atoms with E-state index in [1.54, 1.807) is 12.1 Å². The molecule has 0 bridgehead atoms. The highest BCUT2D eigenvalue weighted by molar-refractivity contribution is 6.02. The molecule has 1 aromatic rings. The van der Waals surface area contributed by atoms with E-state index in [0.29, 0.717) is 18.0 Å². The van der Waals surface area contributed by atoms with E-state index in [1.807, 2.05) is 18.2 Å². The fourth-order valence-corrected chi connectivity index (χ4v) is 5.28. The number of carbonyl (C=O) groups excluding carboxylic acids is 3. The minimum Gasteiger partial charge on any atom is -0.391 e. The summed E-state index contributed by atoms with van der Waals surface area (Å²) in [4.78, 5) is 41.8. The maximum atomic E-state index is 13.4. The van der Waals surface area contributed by atoms with Gasteiger partial charge in [0.1, 0.15) is 6.04 Å². The number of likely N-dealkylation sites (tertiary alicyclic amines) is 1. The molecule has 2 heterocycles. The summed E-state index contributed by atoms with van der Waals surface area (Å²) in [6, 6.07) is 5.22. The van der Waals surface area contributed by atoms with E-state index in [9.17, 15) is 19.5 Å². The zero-order chi connectivity index (χ0) is 24.1. The van der Waals surface area contributed by atoms with E-state index in [0.717, 1.165) is 5.56 Å². The summed E-state index contributed by atoms with van der Waals surface area (Å²) in [7, 11) is 0. The molecule has 2 fully saturated rings. The van der Waals surface area contributed by atoms with Crippen molar-refractivity contribution in [2.24, 2.45) is 5.92 Å². The van der Waals surface area contributed by atoms with E-state index in [4.69, 9.17) is 6.42 Å². The molecule has 2 aliphatic heterocycles. The Hall–Kier alpha value is -3.11. The summed E-state index contributed by atoms with van der Waals surface area (Å²) >= 11 is 0. The Labute approximate surface area is 201 Å². The number of benzene rings is 1. The molecular weight excluding hydrogens is 430 g/mol. The fraction of sp³-hybridized carbons (Fsp3) is 0.519. The summed E-state index contributed by atoms with van der Waals surface area (Å²) in [5, 5.41) is 13.1.